The van der Waals surface area contributed by atoms with Gasteiger partial charge in [0.1, 0.15) is 17.0 Å². The number of amides is 1. The Labute approximate surface area is 232 Å². The lowest BCUT2D eigenvalue weighted by Gasteiger charge is -2.37. The third-order valence-corrected chi connectivity index (χ3v) is 6.81. The lowest BCUT2D eigenvalue weighted by atomic mass is 9.64. The summed E-state index contributed by atoms with van der Waals surface area (Å²) in [7, 11) is 0. The molecule has 1 aliphatic heterocycles. The van der Waals surface area contributed by atoms with Gasteiger partial charge in [-0.3, -0.25) is 4.79 Å². The van der Waals surface area contributed by atoms with Crippen LogP contribution >= 0.6 is 23.2 Å². The highest BCUT2D eigenvalue weighted by atomic mass is 35.5. The van der Waals surface area contributed by atoms with Gasteiger partial charge in [-0.05, 0) is 35.6 Å². The molecule has 38 heavy (non-hydrogen) atoms. The molecular weight excluding hydrogens is 533 g/mol. The third-order valence-electron chi connectivity index (χ3n) is 6.28. The van der Waals surface area contributed by atoms with E-state index in [4.69, 9.17) is 34.8 Å². The van der Waals surface area contributed by atoms with Crippen LogP contribution in [-0.2, 0) is 10.2 Å². The van der Waals surface area contributed by atoms with Crippen LogP contribution in [0.3, 0.4) is 0 Å². The number of benzene rings is 2. The summed E-state index contributed by atoms with van der Waals surface area (Å²) in [5.74, 6) is 3.60. The number of nitrogens with one attached hydrogen (secondary N) is 2. The van der Waals surface area contributed by atoms with Crippen LogP contribution < -0.4 is 22.2 Å². The van der Waals surface area contributed by atoms with Gasteiger partial charge in [0.15, 0.2) is 0 Å². The number of hydrogen-bond donors (Lipinski definition) is 4. The second-order valence-electron chi connectivity index (χ2n) is 10.2. The summed E-state index contributed by atoms with van der Waals surface area (Å²) in [6, 6.07) is 11.0. The molecule has 2 aromatic carbocycles. The van der Waals surface area contributed by atoms with Crippen LogP contribution in [0, 0.1) is 28.4 Å². The Kier molecular flexibility index (Phi) is 11.3. The Bertz CT molecular complexity index is 1170. The zero-order valence-electron chi connectivity index (χ0n) is 21.6. The fourth-order valence-corrected chi connectivity index (χ4v) is 5.01. The monoisotopic (exact) mass is 566 g/mol. The number of nitrogens with two attached hydrogens (primary N) is 2. The highest BCUT2D eigenvalue weighted by Crippen LogP contribution is 2.50. The van der Waals surface area contributed by atoms with Gasteiger partial charge in [0, 0.05) is 48.0 Å². The Morgan fingerprint density at radius 1 is 1.29 bits per heavy atom. The molecule has 2 aromatic rings. The topological polar surface area (TPSA) is 120 Å². The van der Waals surface area contributed by atoms with Crippen molar-refractivity contribution < 1.29 is 13.6 Å². The molecular formula is C27H34Cl2F2N6O. The van der Waals surface area contributed by atoms with Gasteiger partial charge in [-0.15, -0.1) is 0 Å². The van der Waals surface area contributed by atoms with Gasteiger partial charge < -0.3 is 21.4 Å². The zero-order chi connectivity index (χ0) is 28.5. The number of carbonyl (C=O) groups excluding carboxylic acids is 1. The first-order valence-corrected chi connectivity index (χ1v) is 12.8. The standard InChI is InChI=1S/C22H22Cl2F2N2.C5H12N4O/c1-21(2,3)10-19-22(12-27,15-8-7-13(23)9-18(15)25)16(11-28-19)14-5-4-6-17(24)20(14)26;6-1-3-9(7)4-2-8-5-10/h4-9,16,19,28H,10-11H2,1-3H3;1,3,5H,2,4,6-7H2,(H,8,10)/b;3-1-/t16?,19?,22-;/m1./s1. The van der Waals surface area contributed by atoms with E-state index in [9.17, 15) is 14.4 Å². The number of hydrazine groups is 1. The molecule has 0 saturated carbocycles. The predicted molar refractivity (Wildman–Crippen MR) is 147 cm³/mol. The average molecular weight is 568 g/mol. The largest absolute Gasteiger partial charge is 0.403 e. The highest BCUT2D eigenvalue weighted by molar-refractivity contribution is 6.31. The van der Waals surface area contributed by atoms with Crippen molar-refractivity contribution in [1.82, 2.24) is 15.6 Å². The maximum atomic E-state index is 15.0. The second kappa shape index (κ2) is 13.8. The molecule has 0 aliphatic carbocycles. The molecule has 0 bridgehead atoms. The Morgan fingerprint density at radius 3 is 2.58 bits per heavy atom. The molecule has 1 heterocycles. The van der Waals surface area contributed by atoms with Crippen molar-refractivity contribution in [3.8, 4) is 6.07 Å². The Hall–Kier alpha value is -2.90. The van der Waals surface area contributed by atoms with Crippen LogP contribution in [0.25, 0.3) is 0 Å². The molecule has 2 unspecified atom stereocenters. The first-order chi connectivity index (χ1) is 17.9. The minimum absolute atomic E-state index is 0.0137. The molecule has 0 aromatic heterocycles. The molecule has 0 radical (unpaired) electrons. The average Bonchev–Trinajstić information content (AvgIpc) is 3.18. The summed E-state index contributed by atoms with van der Waals surface area (Å²) in [6.45, 7) is 7.58. The van der Waals surface area contributed by atoms with Crippen molar-refractivity contribution in [3.63, 3.8) is 0 Å². The van der Waals surface area contributed by atoms with Gasteiger partial charge in [-0.1, -0.05) is 62.2 Å². The lowest BCUT2D eigenvalue weighted by molar-refractivity contribution is -0.109. The first kappa shape index (κ1) is 31.3. The summed E-state index contributed by atoms with van der Waals surface area (Å²) >= 11 is 11.9. The Balaban J connectivity index is 0.000000432. The molecule has 1 fully saturated rings. The maximum absolute atomic E-state index is 15.0. The van der Waals surface area contributed by atoms with Crippen molar-refractivity contribution in [2.24, 2.45) is 17.0 Å². The van der Waals surface area contributed by atoms with E-state index in [1.807, 2.05) is 0 Å². The summed E-state index contributed by atoms with van der Waals surface area (Å²) in [5, 5.41) is 17.8. The Morgan fingerprint density at radius 2 is 2.00 bits per heavy atom. The molecule has 1 saturated heterocycles. The molecule has 0 spiro atoms. The second-order valence-corrected chi connectivity index (χ2v) is 11.0. The third kappa shape index (κ3) is 7.58. The summed E-state index contributed by atoms with van der Waals surface area (Å²) in [5.41, 5.74) is 4.16. The quantitative estimate of drug-likeness (QED) is 0.161. The molecule has 1 aliphatic rings. The molecule has 11 heteroatoms. The molecule has 206 valence electrons. The van der Waals surface area contributed by atoms with Gasteiger partial charge in [0.2, 0.25) is 6.41 Å². The van der Waals surface area contributed by atoms with Crippen molar-refractivity contribution in [1.29, 1.82) is 5.26 Å². The van der Waals surface area contributed by atoms with Gasteiger partial charge in [0.05, 0.1) is 17.6 Å². The highest BCUT2D eigenvalue weighted by Gasteiger charge is 2.55. The van der Waals surface area contributed by atoms with Crippen molar-refractivity contribution in [2.75, 3.05) is 19.6 Å². The molecule has 1 amide bonds. The number of hydrogen-bond acceptors (Lipinski definition) is 6. The smallest absolute Gasteiger partial charge is 0.207 e. The predicted octanol–water partition coefficient (Wildman–Crippen LogP) is 4.56. The molecule has 3 atom stereocenters. The van der Waals surface area contributed by atoms with Crippen LogP contribution in [-0.4, -0.2) is 37.1 Å². The normalized spacial score (nSPS) is 20.9. The van der Waals surface area contributed by atoms with E-state index in [1.54, 1.807) is 24.3 Å². The van der Waals surface area contributed by atoms with Crippen LogP contribution in [0.5, 0.6) is 0 Å². The molecule has 7 nitrogen and oxygen atoms in total. The number of nitrogens with zero attached hydrogens (tertiary/aromatic N) is 2. The SMILES string of the molecule is CC(C)(C)CC1NCC(c2cccc(Cl)c2F)[C@@]1(C#N)c1ccc(Cl)cc1F.N/C=C\N(N)CCNC=O. The van der Waals surface area contributed by atoms with E-state index in [0.29, 0.717) is 38.0 Å². The van der Waals surface area contributed by atoms with Crippen LogP contribution in [0.1, 0.15) is 44.2 Å². The molecule has 6 N–H and O–H groups in total. The van der Waals surface area contributed by atoms with E-state index in [-0.39, 0.29) is 27.1 Å². The number of halogens is 4. The van der Waals surface area contributed by atoms with Gasteiger partial charge in [-0.25, -0.2) is 14.6 Å². The molecule has 3 rings (SSSR count). The summed E-state index contributed by atoms with van der Waals surface area (Å²) in [6.07, 6.45) is 4.09. The number of carbonyl (C=O) groups is 1. The minimum Gasteiger partial charge on any atom is -0.403 e. The van der Waals surface area contributed by atoms with Crippen molar-refractivity contribution in [2.45, 2.75) is 44.6 Å². The number of rotatable bonds is 8. The zero-order valence-corrected chi connectivity index (χ0v) is 23.2. The van der Waals surface area contributed by atoms with E-state index in [1.165, 1.54) is 29.5 Å². The van der Waals surface area contributed by atoms with Crippen LogP contribution in [0.15, 0.2) is 48.8 Å². The van der Waals surface area contributed by atoms with Crippen LogP contribution in [0.4, 0.5) is 8.78 Å². The van der Waals surface area contributed by atoms with Crippen molar-refractivity contribution in [3.05, 3.63) is 81.6 Å². The fraction of sp³-hybridized carbons (Fsp3) is 0.407. The van der Waals surface area contributed by atoms with E-state index < -0.39 is 23.0 Å². The minimum atomic E-state index is -1.30. The summed E-state index contributed by atoms with van der Waals surface area (Å²) < 4.78 is 29.9. The fourth-order valence-electron chi connectivity index (χ4n) is 4.67. The van der Waals surface area contributed by atoms with E-state index in [2.05, 4.69) is 37.5 Å². The van der Waals surface area contributed by atoms with Gasteiger partial charge in [0.25, 0.3) is 0 Å². The van der Waals surface area contributed by atoms with E-state index in [0.717, 1.165) is 0 Å². The van der Waals surface area contributed by atoms with Gasteiger partial charge >= 0.3 is 0 Å². The summed E-state index contributed by atoms with van der Waals surface area (Å²) in [4.78, 5) is 9.73. The first-order valence-electron chi connectivity index (χ1n) is 12.0. The lowest BCUT2D eigenvalue weighted by Crippen LogP contribution is -2.44. The maximum Gasteiger partial charge on any atom is 0.207 e. The van der Waals surface area contributed by atoms with E-state index >= 15 is 4.39 Å². The van der Waals surface area contributed by atoms with Gasteiger partial charge in [-0.2, -0.15) is 5.26 Å². The van der Waals surface area contributed by atoms with Crippen LogP contribution in [0.2, 0.25) is 10.0 Å². The number of nitriles is 1. The van der Waals surface area contributed by atoms with Crippen molar-refractivity contribution >= 4 is 29.6 Å².